The van der Waals surface area contributed by atoms with Crippen LogP contribution in [0.3, 0.4) is 0 Å². The maximum Gasteiger partial charge on any atom is 0.224 e. The lowest BCUT2D eigenvalue weighted by molar-refractivity contribution is 0.401. The average molecular weight is 314 g/mol. The Morgan fingerprint density at radius 1 is 1.17 bits per heavy atom. The Morgan fingerprint density at radius 2 is 2.00 bits per heavy atom. The van der Waals surface area contributed by atoms with Crippen molar-refractivity contribution in [1.29, 1.82) is 0 Å². The summed E-state index contributed by atoms with van der Waals surface area (Å²) in [6, 6.07) is 0. The van der Waals surface area contributed by atoms with Gasteiger partial charge in [-0.3, -0.25) is 0 Å². The SMILES string of the molecule is CCCCNc1ncc2c(OC)ncc(C3CCCCC3)c2n1. The van der Waals surface area contributed by atoms with Gasteiger partial charge in [-0.2, -0.15) is 0 Å². The normalized spacial score (nSPS) is 15.7. The fraction of sp³-hybridized carbons (Fsp3) is 0.611. The molecule has 1 aliphatic rings. The van der Waals surface area contributed by atoms with Gasteiger partial charge in [-0.25, -0.2) is 15.0 Å². The number of methoxy groups -OCH3 is 1. The van der Waals surface area contributed by atoms with Gasteiger partial charge in [0.1, 0.15) is 0 Å². The van der Waals surface area contributed by atoms with E-state index in [1.807, 2.05) is 12.4 Å². The highest BCUT2D eigenvalue weighted by Crippen LogP contribution is 2.37. The predicted molar refractivity (Wildman–Crippen MR) is 93.1 cm³/mol. The zero-order valence-electron chi connectivity index (χ0n) is 14.1. The molecular formula is C18H26N4O. The molecule has 0 saturated heterocycles. The third-order valence-electron chi connectivity index (χ3n) is 4.67. The Kier molecular flexibility index (Phi) is 5.26. The van der Waals surface area contributed by atoms with Crippen LogP contribution in [0, 0.1) is 0 Å². The molecule has 0 radical (unpaired) electrons. The Labute approximate surface area is 137 Å². The van der Waals surface area contributed by atoms with E-state index in [-0.39, 0.29) is 0 Å². The molecule has 0 unspecified atom stereocenters. The van der Waals surface area contributed by atoms with Crippen LogP contribution in [0.15, 0.2) is 12.4 Å². The van der Waals surface area contributed by atoms with Gasteiger partial charge < -0.3 is 10.1 Å². The number of rotatable bonds is 6. The Morgan fingerprint density at radius 3 is 2.74 bits per heavy atom. The fourth-order valence-electron chi connectivity index (χ4n) is 3.35. The van der Waals surface area contributed by atoms with Crippen LogP contribution in [0.25, 0.3) is 10.9 Å². The molecule has 1 N–H and O–H groups in total. The van der Waals surface area contributed by atoms with Crippen molar-refractivity contribution < 1.29 is 4.74 Å². The van der Waals surface area contributed by atoms with Crippen molar-refractivity contribution in [3.63, 3.8) is 0 Å². The number of nitrogens with zero attached hydrogens (tertiary/aromatic N) is 3. The number of aromatic nitrogens is 3. The topological polar surface area (TPSA) is 59.9 Å². The highest BCUT2D eigenvalue weighted by atomic mass is 16.5. The van der Waals surface area contributed by atoms with E-state index in [1.165, 1.54) is 37.7 Å². The van der Waals surface area contributed by atoms with Crippen LogP contribution in [-0.2, 0) is 0 Å². The zero-order chi connectivity index (χ0) is 16.1. The maximum absolute atomic E-state index is 5.40. The monoisotopic (exact) mass is 314 g/mol. The van der Waals surface area contributed by atoms with Crippen LogP contribution in [0.5, 0.6) is 5.88 Å². The van der Waals surface area contributed by atoms with Gasteiger partial charge >= 0.3 is 0 Å². The Hall–Kier alpha value is -1.91. The van der Waals surface area contributed by atoms with Crippen LogP contribution in [-0.4, -0.2) is 28.6 Å². The molecule has 2 aromatic rings. The third-order valence-corrected chi connectivity index (χ3v) is 4.67. The van der Waals surface area contributed by atoms with Crippen molar-refractivity contribution >= 4 is 16.9 Å². The summed E-state index contributed by atoms with van der Waals surface area (Å²) < 4.78 is 5.40. The molecule has 0 aliphatic heterocycles. The smallest absolute Gasteiger partial charge is 0.224 e. The predicted octanol–water partition coefficient (Wildman–Crippen LogP) is 4.29. The highest BCUT2D eigenvalue weighted by molar-refractivity contribution is 5.86. The first-order chi connectivity index (χ1) is 11.3. The molecule has 0 spiro atoms. The summed E-state index contributed by atoms with van der Waals surface area (Å²) in [4.78, 5) is 13.7. The lowest BCUT2D eigenvalue weighted by Crippen LogP contribution is -2.09. The molecule has 2 aromatic heterocycles. The van der Waals surface area contributed by atoms with E-state index >= 15 is 0 Å². The molecule has 0 bridgehead atoms. The first-order valence-electron chi connectivity index (χ1n) is 8.77. The van der Waals surface area contributed by atoms with Crippen molar-refractivity contribution in [2.24, 2.45) is 0 Å². The van der Waals surface area contributed by atoms with Crippen molar-refractivity contribution in [3.8, 4) is 5.88 Å². The van der Waals surface area contributed by atoms with Crippen molar-refractivity contribution in [2.75, 3.05) is 19.0 Å². The molecule has 1 fully saturated rings. The Bertz CT molecular complexity index is 653. The number of anilines is 1. The fourth-order valence-corrected chi connectivity index (χ4v) is 3.35. The van der Waals surface area contributed by atoms with Crippen molar-refractivity contribution in [3.05, 3.63) is 18.0 Å². The molecule has 1 saturated carbocycles. The zero-order valence-corrected chi connectivity index (χ0v) is 14.1. The molecule has 124 valence electrons. The number of ether oxygens (including phenoxy) is 1. The second kappa shape index (κ2) is 7.57. The minimum absolute atomic E-state index is 0.558. The lowest BCUT2D eigenvalue weighted by atomic mass is 9.84. The molecule has 3 rings (SSSR count). The summed E-state index contributed by atoms with van der Waals surface area (Å²) in [7, 11) is 1.65. The number of hydrogen-bond donors (Lipinski definition) is 1. The number of hydrogen-bond acceptors (Lipinski definition) is 5. The van der Waals surface area contributed by atoms with Crippen LogP contribution < -0.4 is 10.1 Å². The van der Waals surface area contributed by atoms with E-state index in [1.54, 1.807) is 7.11 Å². The molecule has 0 aromatic carbocycles. The van der Waals surface area contributed by atoms with Gasteiger partial charge in [0.2, 0.25) is 11.8 Å². The number of nitrogens with one attached hydrogen (secondary N) is 1. The summed E-state index contributed by atoms with van der Waals surface area (Å²) in [5, 5.41) is 4.24. The molecule has 2 heterocycles. The Balaban J connectivity index is 1.98. The molecule has 0 atom stereocenters. The molecular weight excluding hydrogens is 288 g/mol. The van der Waals surface area contributed by atoms with Gasteiger partial charge in [0.15, 0.2) is 0 Å². The van der Waals surface area contributed by atoms with Crippen LogP contribution >= 0.6 is 0 Å². The van der Waals surface area contributed by atoms with Crippen LogP contribution in [0.2, 0.25) is 0 Å². The van der Waals surface area contributed by atoms with E-state index in [0.717, 1.165) is 30.3 Å². The van der Waals surface area contributed by atoms with Gasteiger partial charge in [0, 0.05) is 24.5 Å². The summed E-state index contributed by atoms with van der Waals surface area (Å²) in [5.41, 5.74) is 2.25. The maximum atomic E-state index is 5.40. The second-order valence-corrected chi connectivity index (χ2v) is 6.29. The molecule has 23 heavy (non-hydrogen) atoms. The van der Waals surface area contributed by atoms with E-state index in [0.29, 0.717) is 17.7 Å². The van der Waals surface area contributed by atoms with E-state index in [2.05, 4.69) is 22.2 Å². The minimum Gasteiger partial charge on any atom is -0.480 e. The van der Waals surface area contributed by atoms with Crippen LogP contribution in [0.4, 0.5) is 5.95 Å². The summed E-state index contributed by atoms with van der Waals surface area (Å²) in [5.74, 6) is 1.87. The van der Waals surface area contributed by atoms with E-state index in [4.69, 9.17) is 9.72 Å². The molecule has 1 aliphatic carbocycles. The summed E-state index contributed by atoms with van der Waals surface area (Å²) in [6.07, 6.45) is 12.5. The first kappa shape index (κ1) is 16.0. The highest BCUT2D eigenvalue weighted by Gasteiger charge is 2.21. The van der Waals surface area contributed by atoms with E-state index < -0.39 is 0 Å². The molecule has 0 amide bonds. The van der Waals surface area contributed by atoms with Crippen molar-refractivity contribution in [2.45, 2.75) is 57.8 Å². The quantitative estimate of drug-likeness (QED) is 0.806. The summed E-state index contributed by atoms with van der Waals surface area (Å²) in [6.45, 7) is 3.09. The average Bonchev–Trinajstić information content (AvgIpc) is 2.61. The second-order valence-electron chi connectivity index (χ2n) is 6.29. The standard InChI is InChI=1S/C18H26N4O/c1-3-4-10-19-18-21-12-15-16(22-18)14(11-20-17(15)23-2)13-8-6-5-7-9-13/h11-13H,3-10H2,1-2H3,(H,19,21,22). The number of fused-ring (bicyclic) bond motifs is 1. The van der Waals surface area contributed by atoms with Crippen molar-refractivity contribution in [1.82, 2.24) is 15.0 Å². The van der Waals surface area contributed by atoms with Gasteiger partial charge in [0.05, 0.1) is 18.0 Å². The summed E-state index contributed by atoms with van der Waals surface area (Å²) >= 11 is 0. The largest absolute Gasteiger partial charge is 0.480 e. The minimum atomic E-state index is 0.558. The first-order valence-corrected chi connectivity index (χ1v) is 8.77. The van der Waals surface area contributed by atoms with Gasteiger partial charge in [-0.1, -0.05) is 32.6 Å². The number of pyridine rings is 1. The van der Waals surface area contributed by atoms with Crippen LogP contribution in [0.1, 0.15) is 63.4 Å². The van der Waals surface area contributed by atoms with Gasteiger partial charge in [-0.15, -0.1) is 0 Å². The van der Waals surface area contributed by atoms with E-state index in [9.17, 15) is 0 Å². The number of unbranched alkanes of at least 4 members (excludes halogenated alkanes) is 1. The molecule has 5 nitrogen and oxygen atoms in total. The lowest BCUT2D eigenvalue weighted by Gasteiger charge is -2.23. The van der Waals surface area contributed by atoms with Gasteiger partial charge in [-0.05, 0) is 25.2 Å². The third kappa shape index (κ3) is 3.54. The molecule has 5 heteroatoms. The van der Waals surface area contributed by atoms with Gasteiger partial charge in [0.25, 0.3) is 0 Å².